The van der Waals surface area contributed by atoms with Crippen molar-refractivity contribution in [2.45, 2.75) is 45.4 Å². The summed E-state index contributed by atoms with van der Waals surface area (Å²) >= 11 is 0. The van der Waals surface area contributed by atoms with Gasteiger partial charge >= 0.3 is 0 Å². The summed E-state index contributed by atoms with van der Waals surface area (Å²) in [6, 6.07) is 0. The van der Waals surface area contributed by atoms with Crippen molar-refractivity contribution in [3.63, 3.8) is 0 Å². The van der Waals surface area contributed by atoms with Crippen molar-refractivity contribution >= 4 is 0 Å². The van der Waals surface area contributed by atoms with Gasteiger partial charge in [-0.15, -0.1) is 0 Å². The number of hydrogen-bond acceptors (Lipinski definition) is 0. The molecule has 14 heavy (non-hydrogen) atoms. The Morgan fingerprint density at radius 3 is 2.86 bits per heavy atom. The maximum Gasteiger partial charge on any atom is -0.0174 e. The summed E-state index contributed by atoms with van der Waals surface area (Å²) in [6.45, 7) is 2.34. The summed E-state index contributed by atoms with van der Waals surface area (Å²) in [5, 5.41) is 0. The zero-order valence-electron chi connectivity index (χ0n) is 9.34. The fraction of sp³-hybridized carbons (Fsp3) is 0.643. The highest BCUT2D eigenvalue weighted by Gasteiger charge is 2.24. The van der Waals surface area contributed by atoms with Crippen LogP contribution in [0.4, 0.5) is 0 Å². The third-order valence-corrected chi connectivity index (χ3v) is 3.65. The second-order valence-electron chi connectivity index (χ2n) is 4.53. The van der Waals surface area contributed by atoms with Gasteiger partial charge in [0.25, 0.3) is 0 Å². The zero-order valence-corrected chi connectivity index (χ0v) is 9.34. The van der Waals surface area contributed by atoms with E-state index >= 15 is 0 Å². The molecule has 0 aromatic carbocycles. The topological polar surface area (TPSA) is 0 Å². The largest absolute Gasteiger partial charge is 0.0885 e. The van der Waals surface area contributed by atoms with E-state index in [1.807, 2.05) is 0 Å². The van der Waals surface area contributed by atoms with Crippen LogP contribution in [0.5, 0.6) is 0 Å². The van der Waals surface area contributed by atoms with E-state index in [9.17, 15) is 0 Å². The Hall–Kier alpha value is -0.520. The first-order valence-electron chi connectivity index (χ1n) is 5.69. The maximum absolute atomic E-state index is 2.46. The minimum absolute atomic E-state index is 0. The van der Waals surface area contributed by atoms with Crippen LogP contribution in [0.3, 0.4) is 0 Å². The Morgan fingerprint density at radius 2 is 2.00 bits per heavy atom. The SMILES string of the molecule is CC1=CCCC2CC=CCCCC12.[CH2]. The smallest absolute Gasteiger partial charge is 0.0174 e. The quantitative estimate of drug-likeness (QED) is 0.496. The Balaban J connectivity index is 0.000000980. The standard InChI is InChI=1S/C13H20.CH2/c1-11-7-6-9-12-8-4-2-3-5-10-13(11)12;/h2,4,7,12-13H,3,5-6,8-10H2,1H3;1H2. The van der Waals surface area contributed by atoms with Crippen molar-refractivity contribution in [2.24, 2.45) is 11.8 Å². The summed E-state index contributed by atoms with van der Waals surface area (Å²) in [7, 11) is 0. The van der Waals surface area contributed by atoms with Gasteiger partial charge in [0.05, 0.1) is 0 Å². The Kier molecular flexibility index (Phi) is 4.44. The summed E-state index contributed by atoms with van der Waals surface area (Å²) in [6.07, 6.45) is 15.4. The molecule has 0 heteroatoms. The summed E-state index contributed by atoms with van der Waals surface area (Å²) in [4.78, 5) is 0. The highest BCUT2D eigenvalue weighted by molar-refractivity contribution is 5.10. The first-order valence-corrected chi connectivity index (χ1v) is 5.69. The molecule has 2 atom stereocenters. The van der Waals surface area contributed by atoms with Crippen LogP contribution >= 0.6 is 0 Å². The molecule has 0 heterocycles. The van der Waals surface area contributed by atoms with E-state index in [-0.39, 0.29) is 7.43 Å². The van der Waals surface area contributed by atoms with Crippen molar-refractivity contribution in [3.05, 3.63) is 31.2 Å². The lowest BCUT2D eigenvalue weighted by molar-refractivity contribution is 0.314. The second kappa shape index (κ2) is 5.38. The number of rotatable bonds is 0. The molecule has 2 radical (unpaired) electrons. The third-order valence-electron chi connectivity index (χ3n) is 3.65. The minimum Gasteiger partial charge on any atom is -0.0885 e. The lowest BCUT2D eigenvalue weighted by atomic mass is 9.74. The molecule has 0 bridgehead atoms. The maximum atomic E-state index is 2.46. The van der Waals surface area contributed by atoms with Crippen LogP contribution in [-0.4, -0.2) is 0 Å². The van der Waals surface area contributed by atoms with E-state index in [2.05, 4.69) is 25.2 Å². The lowest BCUT2D eigenvalue weighted by Crippen LogP contribution is -2.19. The van der Waals surface area contributed by atoms with Crippen LogP contribution < -0.4 is 0 Å². The summed E-state index contributed by atoms with van der Waals surface area (Å²) < 4.78 is 0. The minimum atomic E-state index is 0. The van der Waals surface area contributed by atoms with Crippen LogP contribution in [0, 0.1) is 19.3 Å². The monoisotopic (exact) mass is 190 g/mol. The van der Waals surface area contributed by atoms with Gasteiger partial charge in [0.15, 0.2) is 0 Å². The van der Waals surface area contributed by atoms with Crippen LogP contribution in [0.15, 0.2) is 23.8 Å². The number of fused-ring (bicyclic) bond motifs is 1. The molecule has 0 fully saturated rings. The van der Waals surface area contributed by atoms with Crippen molar-refractivity contribution < 1.29 is 0 Å². The first kappa shape index (κ1) is 11.6. The molecule has 0 aromatic rings. The molecule has 0 aliphatic heterocycles. The molecular formula is C14H22. The Morgan fingerprint density at radius 1 is 1.14 bits per heavy atom. The van der Waals surface area contributed by atoms with Crippen LogP contribution in [0.1, 0.15) is 45.4 Å². The summed E-state index contributed by atoms with van der Waals surface area (Å²) in [5.41, 5.74) is 1.67. The lowest BCUT2D eigenvalue weighted by Gasteiger charge is -2.31. The van der Waals surface area contributed by atoms with Crippen molar-refractivity contribution in [1.82, 2.24) is 0 Å². The van der Waals surface area contributed by atoms with Crippen LogP contribution in [0.25, 0.3) is 0 Å². The second-order valence-corrected chi connectivity index (χ2v) is 4.53. The zero-order chi connectivity index (χ0) is 9.10. The molecule has 0 saturated heterocycles. The summed E-state index contributed by atoms with van der Waals surface area (Å²) in [5.74, 6) is 1.88. The molecule has 2 aliphatic rings. The predicted octanol–water partition coefficient (Wildman–Crippen LogP) is 4.42. The fourth-order valence-electron chi connectivity index (χ4n) is 2.84. The molecule has 0 saturated carbocycles. The van der Waals surface area contributed by atoms with Gasteiger partial charge in [-0.3, -0.25) is 0 Å². The van der Waals surface area contributed by atoms with Crippen LogP contribution in [0.2, 0.25) is 0 Å². The van der Waals surface area contributed by atoms with Crippen molar-refractivity contribution in [1.29, 1.82) is 0 Å². The average Bonchev–Trinajstić information content (AvgIpc) is 2.07. The predicted molar refractivity (Wildman–Crippen MR) is 62.9 cm³/mol. The van der Waals surface area contributed by atoms with E-state index in [1.165, 1.54) is 38.5 Å². The Bertz CT molecular complexity index is 222. The van der Waals surface area contributed by atoms with E-state index in [1.54, 1.807) is 5.57 Å². The van der Waals surface area contributed by atoms with E-state index in [0.717, 1.165) is 11.8 Å². The molecule has 78 valence electrons. The highest BCUT2D eigenvalue weighted by atomic mass is 14.3. The van der Waals surface area contributed by atoms with Crippen LogP contribution in [-0.2, 0) is 0 Å². The third kappa shape index (κ3) is 2.50. The number of hydrogen-bond donors (Lipinski definition) is 0. The molecule has 0 spiro atoms. The molecule has 2 aliphatic carbocycles. The van der Waals surface area contributed by atoms with Gasteiger partial charge in [-0.05, 0) is 57.3 Å². The van der Waals surface area contributed by atoms with Gasteiger partial charge in [-0.2, -0.15) is 0 Å². The molecule has 2 rings (SSSR count). The Labute approximate surface area is 89.1 Å². The molecule has 0 amide bonds. The molecule has 0 N–H and O–H groups in total. The average molecular weight is 190 g/mol. The molecular weight excluding hydrogens is 168 g/mol. The highest BCUT2D eigenvalue weighted by Crippen LogP contribution is 2.37. The van der Waals surface area contributed by atoms with E-state index < -0.39 is 0 Å². The van der Waals surface area contributed by atoms with Crippen molar-refractivity contribution in [2.75, 3.05) is 0 Å². The number of allylic oxidation sites excluding steroid dienone is 4. The molecule has 0 aromatic heterocycles. The van der Waals surface area contributed by atoms with Crippen molar-refractivity contribution in [3.8, 4) is 0 Å². The van der Waals surface area contributed by atoms with Gasteiger partial charge in [-0.1, -0.05) is 31.2 Å². The van der Waals surface area contributed by atoms with Gasteiger partial charge in [0.1, 0.15) is 0 Å². The van der Waals surface area contributed by atoms with Gasteiger partial charge in [0.2, 0.25) is 0 Å². The van der Waals surface area contributed by atoms with E-state index in [0.29, 0.717) is 0 Å². The molecule has 0 nitrogen and oxygen atoms in total. The first-order chi connectivity index (χ1) is 6.38. The van der Waals surface area contributed by atoms with Gasteiger partial charge in [-0.25, -0.2) is 0 Å². The van der Waals surface area contributed by atoms with E-state index in [4.69, 9.17) is 0 Å². The molecule has 2 unspecified atom stereocenters. The fourth-order valence-corrected chi connectivity index (χ4v) is 2.84. The van der Waals surface area contributed by atoms with Gasteiger partial charge in [0, 0.05) is 0 Å². The normalized spacial score (nSPS) is 31.9. The van der Waals surface area contributed by atoms with Gasteiger partial charge < -0.3 is 0 Å².